The monoisotopic (exact) mass is 289 g/mol. The Morgan fingerprint density at radius 1 is 1.50 bits per heavy atom. The normalized spacial score (nSPS) is 10.9. The first-order valence-electron chi connectivity index (χ1n) is 4.90. The van der Waals surface area contributed by atoms with Gasteiger partial charge in [0.1, 0.15) is 18.2 Å². The van der Waals surface area contributed by atoms with Crippen molar-refractivity contribution in [2.45, 2.75) is 13.0 Å². The number of hydrogen-bond acceptors (Lipinski definition) is 4. The number of halogens is 2. The van der Waals surface area contributed by atoms with Crippen molar-refractivity contribution in [3.05, 3.63) is 30.0 Å². The van der Waals surface area contributed by atoms with Crippen molar-refractivity contribution >= 4 is 30.3 Å². The number of rotatable bonds is 3. The Hall–Kier alpha value is -1.48. The highest BCUT2D eigenvalue weighted by Crippen LogP contribution is 2.21. The molecule has 2 heterocycles. The Labute approximate surface area is 117 Å². The molecule has 0 saturated heterocycles. The summed E-state index contributed by atoms with van der Waals surface area (Å²) in [7, 11) is 0. The second kappa shape index (κ2) is 7.07. The number of aliphatic hydroxyl groups excluding tert-OH is 1. The molecule has 0 bridgehead atoms. The number of hydrogen-bond donors (Lipinski definition) is 1. The lowest BCUT2D eigenvalue weighted by molar-refractivity contribution is 0.119. The summed E-state index contributed by atoms with van der Waals surface area (Å²) >= 11 is 0. The van der Waals surface area contributed by atoms with Gasteiger partial charge in [0.05, 0.1) is 11.6 Å². The highest BCUT2D eigenvalue weighted by Gasteiger charge is 2.13. The predicted molar refractivity (Wildman–Crippen MR) is 71.6 cm³/mol. The third-order valence-electron chi connectivity index (χ3n) is 2.08. The highest BCUT2D eigenvalue weighted by atomic mass is 35.5. The molecule has 0 spiro atoms. The second-order valence-corrected chi connectivity index (χ2v) is 3.48. The third kappa shape index (κ3) is 3.26. The van der Waals surface area contributed by atoms with Crippen molar-refractivity contribution in [2.75, 3.05) is 6.61 Å². The lowest BCUT2D eigenvalue weighted by atomic mass is 10.3. The fourth-order valence-electron chi connectivity index (χ4n) is 1.38. The molecular formula is C11H13Cl2N3O2. The number of pyridine rings is 1. The van der Waals surface area contributed by atoms with Gasteiger partial charge in [0.25, 0.3) is 5.88 Å². The number of aromatic nitrogens is 2. The van der Waals surface area contributed by atoms with Gasteiger partial charge < -0.3 is 9.84 Å². The first-order chi connectivity index (χ1) is 7.72. The second-order valence-electron chi connectivity index (χ2n) is 3.48. The van der Waals surface area contributed by atoms with Gasteiger partial charge in [-0.25, -0.2) is 4.52 Å². The topological polar surface area (TPSA) is 70.6 Å². The molecule has 0 aliphatic rings. The summed E-state index contributed by atoms with van der Waals surface area (Å²) in [4.78, 5) is 0. The van der Waals surface area contributed by atoms with E-state index in [0.717, 1.165) is 0 Å². The molecule has 0 aliphatic heterocycles. The molecule has 0 radical (unpaired) electrons. The molecule has 1 atom stereocenters. The van der Waals surface area contributed by atoms with Gasteiger partial charge in [0, 0.05) is 6.20 Å². The van der Waals surface area contributed by atoms with Gasteiger partial charge in [-0.3, -0.25) is 0 Å². The summed E-state index contributed by atoms with van der Waals surface area (Å²) in [5, 5.41) is 22.3. The average molecular weight is 290 g/mol. The zero-order chi connectivity index (χ0) is 11.5. The van der Waals surface area contributed by atoms with Gasteiger partial charge >= 0.3 is 0 Å². The van der Waals surface area contributed by atoms with Crippen molar-refractivity contribution in [1.29, 1.82) is 5.26 Å². The summed E-state index contributed by atoms with van der Waals surface area (Å²) < 4.78 is 6.85. The van der Waals surface area contributed by atoms with Crippen LogP contribution in [0.15, 0.2) is 24.4 Å². The molecule has 0 unspecified atom stereocenters. The summed E-state index contributed by atoms with van der Waals surface area (Å²) in [5.41, 5.74) is 1.09. The van der Waals surface area contributed by atoms with Crippen LogP contribution in [-0.4, -0.2) is 27.4 Å². The van der Waals surface area contributed by atoms with Gasteiger partial charge in [-0.05, 0) is 19.1 Å². The number of ether oxygens (including phenoxy) is 1. The van der Waals surface area contributed by atoms with E-state index >= 15 is 0 Å². The van der Waals surface area contributed by atoms with Crippen molar-refractivity contribution < 1.29 is 9.84 Å². The Kier molecular flexibility index (Phi) is 6.48. The molecule has 0 aromatic carbocycles. The molecule has 2 aromatic rings. The zero-order valence-corrected chi connectivity index (χ0v) is 11.2. The largest absolute Gasteiger partial charge is 0.473 e. The molecule has 18 heavy (non-hydrogen) atoms. The molecule has 0 aliphatic carbocycles. The van der Waals surface area contributed by atoms with E-state index in [9.17, 15) is 0 Å². The van der Waals surface area contributed by atoms with E-state index in [1.54, 1.807) is 23.7 Å². The summed E-state index contributed by atoms with van der Waals surface area (Å²) in [6.07, 6.45) is 1.15. The maximum absolute atomic E-state index is 9.11. The fraction of sp³-hybridized carbons (Fsp3) is 0.273. The van der Waals surface area contributed by atoms with Crippen LogP contribution in [0.3, 0.4) is 0 Å². The van der Waals surface area contributed by atoms with E-state index in [1.165, 1.54) is 0 Å². The van der Waals surface area contributed by atoms with Gasteiger partial charge in [-0.15, -0.1) is 29.9 Å². The van der Waals surface area contributed by atoms with Gasteiger partial charge in [0.2, 0.25) is 0 Å². The predicted octanol–water partition coefficient (Wildman–Crippen LogP) is 1.81. The minimum absolute atomic E-state index is 0. The SMILES string of the molecule is C[C@H](O)COc1nn2ccccc2c1C#N.Cl.Cl. The zero-order valence-electron chi connectivity index (χ0n) is 9.61. The summed E-state index contributed by atoms with van der Waals surface area (Å²) in [6.45, 7) is 1.74. The molecule has 7 heteroatoms. The van der Waals surface area contributed by atoms with Crippen molar-refractivity contribution in [3.8, 4) is 11.9 Å². The third-order valence-corrected chi connectivity index (χ3v) is 2.08. The van der Waals surface area contributed by atoms with Crippen LogP contribution in [0.25, 0.3) is 5.52 Å². The summed E-state index contributed by atoms with van der Waals surface area (Å²) in [5.74, 6) is 0.259. The van der Waals surface area contributed by atoms with Gasteiger partial charge in [-0.1, -0.05) is 6.07 Å². The number of aliphatic hydroxyl groups is 1. The van der Waals surface area contributed by atoms with Crippen LogP contribution in [0.4, 0.5) is 0 Å². The van der Waals surface area contributed by atoms with E-state index in [0.29, 0.717) is 11.1 Å². The number of nitriles is 1. The van der Waals surface area contributed by atoms with Gasteiger partial charge in [0.15, 0.2) is 0 Å². The van der Waals surface area contributed by atoms with Crippen LogP contribution < -0.4 is 4.74 Å². The molecule has 1 N–H and O–H groups in total. The van der Waals surface area contributed by atoms with Gasteiger partial charge in [-0.2, -0.15) is 5.26 Å². The lowest BCUT2D eigenvalue weighted by Gasteiger charge is -2.04. The Balaban J connectivity index is 0.00000144. The van der Waals surface area contributed by atoms with Crippen LogP contribution in [0.5, 0.6) is 5.88 Å². The Morgan fingerprint density at radius 3 is 2.83 bits per heavy atom. The van der Waals surface area contributed by atoms with Crippen LogP contribution in [0, 0.1) is 11.3 Å². The number of nitrogens with zero attached hydrogens (tertiary/aromatic N) is 3. The minimum Gasteiger partial charge on any atom is -0.473 e. The van der Waals surface area contributed by atoms with Crippen LogP contribution in [0.2, 0.25) is 0 Å². The molecule has 5 nitrogen and oxygen atoms in total. The summed E-state index contributed by atoms with van der Waals surface area (Å²) in [6, 6.07) is 7.49. The van der Waals surface area contributed by atoms with E-state index in [1.807, 2.05) is 12.1 Å². The molecule has 0 saturated carbocycles. The average Bonchev–Trinajstić information content (AvgIpc) is 2.63. The highest BCUT2D eigenvalue weighted by molar-refractivity contribution is 5.85. The fourth-order valence-corrected chi connectivity index (χ4v) is 1.38. The molecule has 0 fully saturated rings. The molecule has 2 rings (SSSR count). The Bertz CT molecular complexity index is 549. The first kappa shape index (κ1) is 16.5. The molecular weight excluding hydrogens is 277 g/mol. The molecule has 2 aromatic heterocycles. The van der Waals surface area contributed by atoms with Crippen LogP contribution in [0.1, 0.15) is 12.5 Å². The first-order valence-corrected chi connectivity index (χ1v) is 4.90. The van der Waals surface area contributed by atoms with Crippen molar-refractivity contribution in [1.82, 2.24) is 9.61 Å². The van der Waals surface area contributed by atoms with Crippen LogP contribution in [-0.2, 0) is 0 Å². The van der Waals surface area contributed by atoms with Crippen LogP contribution >= 0.6 is 24.8 Å². The minimum atomic E-state index is -0.587. The van der Waals surface area contributed by atoms with E-state index in [-0.39, 0.29) is 37.3 Å². The maximum Gasteiger partial charge on any atom is 0.252 e. The smallest absolute Gasteiger partial charge is 0.252 e. The van der Waals surface area contributed by atoms with E-state index < -0.39 is 6.10 Å². The number of fused-ring (bicyclic) bond motifs is 1. The lowest BCUT2D eigenvalue weighted by Crippen LogP contribution is -2.13. The van der Waals surface area contributed by atoms with Crippen molar-refractivity contribution in [2.24, 2.45) is 0 Å². The maximum atomic E-state index is 9.11. The van der Waals surface area contributed by atoms with E-state index in [4.69, 9.17) is 15.1 Å². The standard InChI is InChI=1S/C11H11N3O2.2ClH/c1-8(15)7-16-11-9(6-12)10-4-2-3-5-14(10)13-11;;/h2-5,8,15H,7H2,1H3;2*1H/t8-;;/m0../s1. The Morgan fingerprint density at radius 2 is 2.22 bits per heavy atom. The quantitative estimate of drug-likeness (QED) is 0.935. The molecule has 98 valence electrons. The molecule has 0 amide bonds. The van der Waals surface area contributed by atoms with Crippen molar-refractivity contribution in [3.63, 3.8) is 0 Å². The van der Waals surface area contributed by atoms with E-state index in [2.05, 4.69) is 11.2 Å².